The Bertz CT molecular complexity index is 385. The van der Waals surface area contributed by atoms with Gasteiger partial charge in [-0.15, -0.1) is 0 Å². The van der Waals surface area contributed by atoms with Crippen LogP contribution in [0, 0.1) is 5.92 Å². The summed E-state index contributed by atoms with van der Waals surface area (Å²) in [4.78, 5) is 13.6. The van der Waals surface area contributed by atoms with Crippen LogP contribution >= 0.6 is 0 Å². The van der Waals surface area contributed by atoms with Crippen LogP contribution in [0.15, 0.2) is 24.3 Å². The normalized spacial score (nSPS) is 22.9. The van der Waals surface area contributed by atoms with Gasteiger partial charge in [0, 0.05) is 18.8 Å². The number of rotatable bonds is 3. The van der Waals surface area contributed by atoms with E-state index in [1.807, 2.05) is 19.2 Å². The second kappa shape index (κ2) is 4.26. The molecule has 1 aromatic carbocycles. The fourth-order valence-corrected chi connectivity index (χ4v) is 1.83. The fraction of sp³-hybridized carbons (Fsp3) is 0.462. The largest absolute Gasteiger partial charge is 0.327 e. The first-order chi connectivity index (χ1) is 7.63. The van der Waals surface area contributed by atoms with E-state index in [9.17, 15) is 4.79 Å². The highest BCUT2D eigenvalue weighted by atomic mass is 16.2. The quantitative estimate of drug-likeness (QED) is 0.837. The van der Waals surface area contributed by atoms with Gasteiger partial charge >= 0.3 is 0 Å². The van der Waals surface area contributed by atoms with E-state index in [4.69, 9.17) is 5.73 Å². The summed E-state index contributed by atoms with van der Waals surface area (Å²) in [6, 6.07) is 8.18. The van der Waals surface area contributed by atoms with Crippen LogP contribution in [0.5, 0.6) is 0 Å². The molecule has 1 aliphatic rings. The molecule has 1 fully saturated rings. The number of hydrogen-bond donors (Lipinski definition) is 1. The molecule has 3 nitrogen and oxygen atoms in total. The van der Waals surface area contributed by atoms with Crippen molar-refractivity contribution < 1.29 is 4.79 Å². The Labute approximate surface area is 96.2 Å². The molecule has 1 aliphatic carbocycles. The standard InChI is InChI=1S/C13H18N2O/c1-3-9-4-6-10(7-5-9)15(2)13(16)11-8-12(11)14/h4-7,11-12H,3,8,14H2,1-2H3. The van der Waals surface area contributed by atoms with E-state index in [-0.39, 0.29) is 17.9 Å². The maximum atomic E-state index is 11.9. The summed E-state index contributed by atoms with van der Waals surface area (Å²) in [7, 11) is 1.81. The number of hydrogen-bond acceptors (Lipinski definition) is 2. The fourth-order valence-electron chi connectivity index (χ4n) is 1.83. The molecule has 3 heteroatoms. The molecular weight excluding hydrogens is 200 g/mol. The van der Waals surface area contributed by atoms with Crippen molar-refractivity contribution in [3.63, 3.8) is 0 Å². The van der Waals surface area contributed by atoms with Gasteiger partial charge in [0.15, 0.2) is 0 Å². The number of nitrogens with zero attached hydrogens (tertiary/aromatic N) is 1. The van der Waals surface area contributed by atoms with Gasteiger partial charge in [0.05, 0.1) is 5.92 Å². The molecule has 86 valence electrons. The van der Waals surface area contributed by atoms with Crippen LogP contribution < -0.4 is 10.6 Å². The molecule has 0 bridgehead atoms. The summed E-state index contributed by atoms with van der Waals surface area (Å²) in [6.07, 6.45) is 1.85. The molecule has 2 N–H and O–H groups in total. The Morgan fingerprint density at radius 3 is 2.44 bits per heavy atom. The molecule has 0 spiro atoms. The lowest BCUT2D eigenvalue weighted by molar-refractivity contribution is -0.119. The number of carbonyl (C=O) groups is 1. The number of nitrogens with two attached hydrogens (primary N) is 1. The lowest BCUT2D eigenvalue weighted by atomic mass is 10.1. The molecule has 0 aromatic heterocycles. The Morgan fingerprint density at radius 2 is 2.00 bits per heavy atom. The first kappa shape index (κ1) is 11.1. The van der Waals surface area contributed by atoms with E-state index in [0.29, 0.717) is 0 Å². The molecule has 2 atom stereocenters. The van der Waals surface area contributed by atoms with Crippen LogP contribution in [-0.2, 0) is 11.2 Å². The number of benzene rings is 1. The minimum atomic E-state index is 0.0378. The van der Waals surface area contributed by atoms with Gasteiger partial charge in [-0.1, -0.05) is 19.1 Å². The molecule has 1 saturated carbocycles. The van der Waals surface area contributed by atoms with Crippen LogP contribution in [-0.4, -0.2) is 19.0 Å². The molecular formula is C13H18N2O. The first-order valence-corrected chi connectivity index (χ1v) is 5.75. The molecule has 1 aromatic rings. The van der Waals surface area contributed by atoms with Crippen molar-refractivity contribution in [3.8, 4) is 0 Å². The number of amides is 1. The summed E-state index contributed by atoms with van der Waals surface area (Å²) in [5.74, 6) is 0.174. The number of anilines is 1. The summed E-state index contributed by atoms with van der Waals surface area (Å²) in [6.45, 7) is 2.12. The first-order valence-electron chi connectivity index (χ1n) is 5.75. The van der Waals surface area contributed by atoms with Gasteiger partial charge in [-0.3, -0.25) is 4.79 Å². The second-order valence-corrected chi connectivity index (χ2v) is 4.42. The van der Waals surface area contributed by atoms with Gasteiger partial charge in [-0.25, -0.2) is 0 Å². The Morgan fingerprint density at radius 1 is 1.44 bits per heavy atom. The minimum Gasteiger partial charge on any atom is -0.327 e. The molecule has 0 heterocycles. The lowest BCUT2D eigenvalue weighted by Crippen LogP contribution is -2.29. The van der Waals surface area contributed by atoms with Crippen molar-refractivity contribution >= 4 is 11.6 Å². The highest BCUT2D eigenvalue weighted by Crippen LogP contribution is 2.31. The van der Waals surface area contributed by atoms with Crippen molar-refractivity contribution in [1.82, 2.24) is 0 Å². The summed E-state index contributed by atoms with van der Waals surface area (Å²) in [5, 5.41) is 0. The third-order valence-electron chi connectivity index (χ3n) is 3.22. The Balaban J connectivity index is 2.08. The van der Waals surface area contributed by atoms with Gasteiger partial charge in [0.1, 0.15) is 0 Å². The zero-order valence-electron chi connectivity index (χ0n) is 9.81. The van der Waals surface area contributed by atoms with E-state index >= 15 is 0 Å². The molecule has 0 saturated heterocycles. The maximum absolute atomic E-state index is 11.9. The average molecular weight is 218 g/mol. The summed E-state index contributed by atoms with van der Waals surface area (Å²) < 4.78 is 0. The average Bonchev–Trinajstić information content (AvgIpc) is 3.04. The molecule has 0 aliphatic heterocycles. The van der Waals surface area contributed by atoms with E-state index < -0.39 is 0 Å². The van der Waals surface area contributed by atoms with Gasteiger partial charge in [0.2, 0.25) is 5.91 Å². The van der Waals surface area contributed by atoms with E-state index in [1.54, 1.807) is 4.90 Å². The van der Waals surface area contributed by atoms with Crippen molar-refractivity contribution in [2.45, 2.75) is 25.8 Å². The van der Waals surface area contributed by atoms with Crippen molar-refractivity contribution in [2.24, 2.45) is 11.7 Å². The van der Waals surface area contributed by atoms with Crippen molar-refractivity contribution in [2.75, 3.05) is 11.9 Å². The topological polar surface area (TPSA) is 46.3 Å². The van der Waals surface area contributed by atoms with E-state index in [1.165, 1.54) is 5.56 Å². The van der Waals surface area contributed by atoms with Crippen LogP contribution in [0.1, 0.15) is 18.9 Å². The van der Waals surface area contributed by atoms with Gasteiger partial charge in [-0.05, 0) is 30.5 Å². The summed E-state index contributed by atoms with van der Waals surface area (Å²) in [5.41, 5.74) is 7.91. The van der Waals surface area contributed by atoms with E-state index in [2.05, 4.69) is 19.1 Å². The zero-order valence-corrected chi connectivity index (χ0v) is 9.81. The Hall–Kier alpha value is -1.35. The van der Waals surface area contributed by atoms with Gasteiger partial charge in [-0.2, -0.15) is 0 Å². The zero-order chi connectivity index (χ0) is 11.7. The lowest BCUT2D eigenvalue weighted by Gasteiger charge is -2.17. The monoisotopic (exact) mass is 218 g/mol. The number of carbonyl (C=O) groups excluding carboxylic acids is 1. The smallest absolute Gasteiger partial charge is 0.231 e. The van der Waals surface area contributed by atoms with Crippen LogP contribution in [0.25, 0.3) is 0 Å². The van der Waals surface area contributed by atoms with Crippen LogP contribution in [0.2, 0.25) is 0 Å². The molecule has 16 heavy (non-hydrogen) atoms. The van der Waals surface area contributed by atoms with Gasteiger partial charge in [0.25, 0.3) is 0 Å². The second-order valence-electron chi connectivity index (χ2n) is 4.42. The molecule has 2 rings (SSSR count). The molecule has 1 amide bonds. The van der Waals surface area contributed by atoms with Crippen LogP contribution in [0.3, 0.4) is 0 Å². The van der Waals surface area contributed by atoms with Crippen molar-refractivity contribution in [3.05, 3.63) is 29.8 Å². The predicted octanol–water partition coefficient (Wildman–Crippen LogP) is 1.56. The highest BCUT2D eigenvalue weighted by molar-refractivity contribution is 5.96. The third-order valence-corrected chi connectivity index (χ3v) is 3.22. The minimum absolute atomic E-state index is 0.0378. The van der Waals surface area contributed by atoms with Crippen molar-refractivity contribution in [1.29, 1.82) is 0 Å². The van der Waals surface area contributed by atoms with E-state index in [0.717, 1.165) is 18.5 Å². The van der Waals surface area contributed by atoms with Crippen LogP contribution in [0.4, 0.5) is 5.69 Å². The summed E-state index contributed by atoms with van der Waals surface area (Å²) >= 11 is 0. The predicted molar refractivity (Wildman–Crippen MR) is 65.3 cm³/mol. The Kier molecular flexibility index (Phi) is 2.97. The number of aryl methyl sites for hydroxylation is 1. The maximum Gasteiger partial charge on any atom is 0.231 e. The third kappa shape index (κ3) is 2.09. The SMILES string of the molecule is CCc1ccc(N(C)C(=O)C2CC2N)cc1. The highest BCUT2D eigenvalue weighted by Gasteiger charge is 2.41. The van der Waals surface area contributed by atoms with Gasteiger partial charge < -0.3 is 10.6 Å². The molecule has 2 unspecified atom stereocenters. The molecule has 0 radical (unpaired) electrons.